The molecule has 5 rings (SSSR count). The largest absolute Gasteiger partial charge is 0.368 e. The summed E-state index contributed by atoms with van der Waals surface area (Å²) in [5.74, 6) is -2.18. The van der Waals surface area contributed by atoms with E-state index in [-0.39, 0.29) is 25.2 Å². The second-order valence-electron chi connectivity index (χ2n) is 11.2. The quantitative estimate of drug-likeness (QED) is 0.128. The molecule has 0 aliphatic heterocycles. The first kappa shape index (κ1) is 31.0. The minimum Gasteiger partial charge on any atom is -0.368 e. The maximum Gasteiger partial charge on any atom is 0.243 e. The smallest absolute Gasteiger partial charge is 0.243 e. The number of hydrogen-bond acceptors (Lipinski definition) is 4. The van der Waals surface area contributed by atoms with Crippen LogP contribution in [0.25, 0.3) is 21.7 Å². The third-order valence-corrected chi connectivity index (χ3v) is 7.80. The fourth-order valence-electron chi connectivity index (χ4n) is 5.46. The van der Waals surface area contributed by atoms with Crippen LogP contribution in [0.5, 0.6) is 0 Å². The van der Waals surface area contributed by atoms with Crippen molar-refractivity contribution in [1.29, 1.82) is 0 Å². The normalized spacial score (nSPS) is 13.1. The molecule has 0 saturated carbocycles. The van der Waals surface area contributed by atoms with Crippen molar-refractivity contribution in [3.05, 3.63) is 114 Å². The Labute approximate surface area is 260 Å². The first-order valence-corrected chi connectivity index (χ1v) is 14.8. The summed E-state index contributed by atoms with van der Waals surface area (Å²) < 4.78 is 0. The number of aromatic nitrogens is 1. The van der Waals surface area contributed by atoms with E-state index in [0.29, 0.717) is 0 Å². The van der Waals surface area contributed by atoms with Gasteiger partial charge in [-0.2, -0.15) is 0 Å². The molecule has 0 radical (unpaired) electrons. The van der Waals surface area contributed by atoms with Crippen molar-refractivity contribution in [2.24, 2.45) is 5.73 Å². The Morgan fingerprint density at radius 3 is 2.02 bits per heavy atom. The lowest BCUT2D eigenvalue weighted by Crippen LogP contribution is -2.57. The van der Waals surface area contributed by atoms with Crippen molar-refractivity contribution in [3.8, 4) is 0 Å². The lowest BCUT2D eigenvalue weighted by atomic mass is 9.99. The molecule has 1 heterocycles. The molecule has 0 spiro atoms. The van der Waals surface area contributed by atoms with Gasteiger partial charge in [0.15, 0.2) is 0 Å². The number of quaternary nitrogens is 1. The highest BCUT2D eigenvalue weighted by molar-refractivity contribution is 5.95. The average molecular weight is 606 g/mol. The average Bonchev–Trinajstić information content (AvgIpc) is 3.43. The van der Waals surface area contributed by atoms with Gasteiger partial charge in [-0.05, 0) is 45.7 Å². The van der Waals surface area contributed by atoms with Gasteiger partial charge in [-0.3, -0.25) is 19.2 Å². The SMILES string of the molecule is CC(=O)N[C@@H](Cc1ccc2ccccc2c1)C(=O)N[C@@H](Cc1ccc([NH3+])cc1)C(=O)N[C@@H](Cc1c[nH]c2ccccc12)C(N)=O. The molecular weight excluding hydrogens is 568 g/mol. The Bertz CT molecular complexity index is 1850. The molecular formula is C35H37N6O4+. The van der Waals surface area contributed by atoms with Crippen molar-refractivity contribution in [2.75, 3.05) is 0 Å². The number of aromatic amines is 1. The standard InChI is InChI=1S/C35H36N6O4/c1-21(42)39-31(18-23-10-13-24-6-2-3-7-25(24)16-23)34(44)41-32(17-22-11-14-27(36)15-12-22)35(45)40-30(33(37)43)19-26-20-38-29-9-5-4-8-28(26)29/h2-16,20,30-32,38H,17-19,36H2,1H3,(H2,37,43)(H,39,42)(H,40,45)(H,41,44)/p+1/t30-,31-,32-/m0/s1. The van der Waals surface area contributed by atoms with Crippen LogP contribution in [0.1, 0.15) is 23.6 Å². The topological polar surface area (TPSA) is 174 Å². The number of para-hydroxylation sites is 1. The van der Waals surface area contributed by atoms with Crippen LogP contribution in [0.2, 0.25) is 0 Å². The predicted molar refractivity (Wildman–Crippen MR) is 173 cm³/mol. The molecule has 4 aromatic carbocycles. The third-order valence-electron chi connectivity index (χ3n) is 7.80. The molecule has 3 atom stereocenters. The van der Waals surface area contributed by atoms with E-state index >= 15 is 0 Å². The highest BCUT2D eigenvalue weighted by Crippen LogP contribution is 2.20. The molecule has 10 heteroatoms. The van der Waals surface area contributed by atoms with E-state index in [1.165, 1.54) is 6.92 Å². The molecule has 0 bridgehead atoms. The van der Waals surface area contributed by atoms with Crippen molar-refractivity contribution in [1.82, 2.24) is 20.9 Å². The number of benzene rings is 4. The van der Waals surface area contributed by atoms with Crippen LogP contribution < -0.4 is 27.4 Å². The van der Waals surface area contributed by atoms with Crippen molar-refractivity contribution >= 4 is 51.0 Å². The highest BCUT2D eigenvalue weighted by atomic mass is 16.2. The van der Waals surface area contributed by atoms with E-state index in [1.807, 2.05) is 91.0 Å². The number of nitrogens with one attached hydrogen (secondary N) is 4. The summed E-state index contributed by atoms with van der Waals surface area (Å²) in [5.41, 5.74) is 13.8. The highest BCUT2D eigenvalue weighted by Gasteiger charge is 2.30. The Hall–Kier alpha value is -5.48. The summed E-state index contributed by atoms with van der Waals surface area (Å²) in [6.45, 7) is 1.34. The van der Waals surface area contributed by atoms with Gasteiger partial charge in [0.2, 0.25) is 23.6 Å². The first-order valence-electron chi connectivity index (χ1n) is 14.8. The number of primary amides is 1. The predicted octanol–water partition coefficient (Wildman–Crippen LogP) is 2.18. The van der Waals surface area contributed by atoms with Gasteiger partial charge in [-0.1, -0.05) is 72.8 Å². The van der Waals surface area contributed by atoms with Crippen molar-refractivity contribution in [3.63, 3.8) is 0 Å². The van der Waals surface area contributed by atoms with Gasteiger partial charge in [0, 0.05) is 43.3 Å². The number of carbonyl (C=O) groups excluding carboxylic acids is 4. The zero-order valence-corrected chi connectivity index (χ0v) is 25.0. The van der Waals surface area contributed by atoms with Crippen LogP contribution in [0.15, 0.2) is 97.2 Å². The molecule has 5 aromatic rings. The summed E-state index contributed by atoms with van der Waals surface area (Å²) in [6, 6.07) is 25.6. The molecule has 0 aliphatic rings. The number of hydrogen-bond donors (Lipinski definition) is 6. The van der Waals surface area contributed by atoms with Gasteiger partial charge in [0.05, 0.1) is 0 Å². The maximum absolute atomic E-state index is 13.8. The summed E-state index contributed by atoms with van der Waals surface area (Å²) in [6.07, 6.45) is 2.31. The molecule has 1 aromatic heterocycles. The summed E-state index contributed by atoms with van der Waals surface area (Å²) in [4.78, 5) is 55.3. The second-order valence-corrected chi connectivity index (χ2v) is 11.2. The molecule has 9 N–H and O–H groups in total. The number of carbonyl (C=O) groups is 4. The molecule has 4 amide bonds. The molecule has 0 fully saturated rings. The van der Waals surface area contributed by atoms with Crippen LogP contribution in [0, 0.1) is 0 Å². The fourth-order valence-corrected chi connectivity index (χ4v) is 5.46. The zero-order chi connectivity index (χ0) is 31.9. The summed E-state index contributed by atoms with van der Waals surface area (Å²) in [5, 5.41) is 11.3. The van der Waals surface area contributed by atoms with E-state index in [0.717, 1.165) is 44.1 Å². The van der Waals surface area contributed by atoms with Crippen LogP contribution in [0.4, 0.5) is 5.69 Å². The fraction of sp³-hybridized carbons (Fsp3) is 0.200. The summed E-state index contributed by atoms with van der Waals surface area (Å²) >= 11 is 0. The monoisotopic (exact) mass is 605 g/mol. The van der Waals surface area contributed by atoms with Crippen LogP contribution in [0.3, 0.4) is 0 Å². The van der Waals surface area contributed by atoms with Crippen LogP contribution in [-0.2, 0) is 38.4 Å². The number of nitrogens with two attached hydrogens (primary N) is 1. The van der Waals surface area contributed by atoms with Crippen LogP contribution in [-0.4, -0.2) is 46.7 Å². The summed E-state index contributed by atoms with van der Waals surface area (Å²) in [7, 11) is 0. The van der Waals surface area contributed by atoms with Gasteiger partial charge in [-0.15, -0.1) is 0 Å². The van der Waals surface area contributed by atoms with Gasteiger partial charge in [-0.25, -0.2) is 0 Å². The second kappa shape index (κ2) is 13.9. The molecule has 230 valence electrons. The lowest BCUT2D eigenvalue weighted by Gasteiger charge is -2.25. The number of fused-ring (bicyclic) bond motifs is 2. The van der Waals surface area contributed by atoms with Crippen molar-refractivity contribution < 1.29 is 24.9 Å². The molecule has 0 unspecified atom stereocenters. The maximum atomic E-state index is 13.8. The van der Waals surface area contributed by atoms with Crippen molar-refractivity contribution in [2.45, 2.75) is 44.3 Å². The minimum atomic E-state index is -1.06. The van der Waals surface area contributed by atoms with Gasteiger partial charge < -0.3 is 32.4 Å². The zero-order valence-electron chi connectivity index (χ0n) is 25.0. The van der Waals surface area contributed by atoms with Crippen LogP contribution >= 0.6 is 0 Å². The van der Waals surface area contributed by atoms with E-state index in [2.05, 4.69) is 26.7 Å². The molecule has 0 saturated heterocycles. The first-order chi connectivity index (χ1) is 21.7. The number of rotatable bonds is 12. The Morgan fingerprint density at radius 1 is 0.711 bits per heavy atom. The van der Waals surface area contributed by atoms with E-state index in [4.69, 9.17) is 5.73 Å². The van der Waals surface area contributed by atoms with Gasteiger partial charge in [0.25, 0.3) is 0 Å². The van der Waals surface area contributed by atoms with E-state index in [9.17, 15) is 19.2 Å². The molecule has 45 heavy (non-hydrogen) atoms. The molecule has 10 nitrogen and oxygen atoms in total. The van der Waals surface area contributed by atoms with E-state index < -0.39 is 35.8 Å². The number of amides is 4. The van der Waals surface area contributed by atoms with Gasteiger partial charge in [0.1, 0.15) is 23.8 Å². The third kappa shape index (κ3) is 7.92. The van der Waals surface area contributed by atoms with E-state index in [1.54, 1.807) is 6.20 Å². The Kier molecular flexibility index (Phi) is 9.54. The van der Waals surface area contributed by atoms with Gasteiger partial charge >= 0.3 is 0 Å². The number of H-pyrrole nitrogens is 1. The lowest BCUT2D eigenvalue weighted by molar-refractivity contribution is -0.254. The minimum absolute atomic E-state index is 0.138. The Morgan fingerprint density at radius 2 is 1.31 bits per heavy atom. The molecule has 0 aliphatic carbocycles. The Balaban J connectivity index is 1.37.